The summed E-state index contributed by atoms with van der Waals surface area (Å²) in [4.78, 5) is 18.8. The van der Waals surface area contributed by atoms with Gasteiger partial charge >= 0.3 is 5.69 Å². The highest BCUT2D eigenvalue weighted by molar-refractivity contribution is 6.33. The highest BCUT2D eigenvalue weighted by atomic mass is 35.5. The Kier molecular flexibility index (Phi) is 5.11. The average molecular weight is 446 g/mol. The van der Waals surface area contributed by atoms with E-state index in [-0.39, 0.29) is 21.5 Å². The van der Waals surface area contributed by atoms with Crippen molar-refractivity contribution in [3.8, 4) is 17.2 Å². The Balaban J connectivity index is 1.69. The summed E-state index contributed by atoms with van der Waals surface area (Å²) in [5.74, 6) is -0.788. The number of aromatic nitrogens is 1. The van der Waals surface area contributed by atoms with Crippen LogP contribution in [-0.2, 0) is 0 Å². The minimum Gasteiger partial charge on any atom is -0.502 e. The minimum atomic E-state index is -0.734. The van der Waals surface area contributed by atoms with E-state index in [2.05, 4.69) is 9.98 Å². The van der Waals surface area contributed by atoms with Crippen molar-refractivity contribution in [2.24, 2.45) is 4.99 Å². The molecule has 0 spiro atoms. The Hall–Kier alpha value is -3.49. The molecule has 0 bridgehead atoms. The van der Waals surface area contributed by atoms with E-state index in [1.54, 1.807) is 18.2 Å². The molecule has 0 fully saturated rings. The standard InChI is InChI=1S/C20H10Cl2FN3O4/c21-11-5-10(19(27)17(6-11)26(28)29)9-24-13-2-4-18-16(8-13)25-20(30-18)14-3-1-12(23)7-15(14)22/h1-9,27H. The highest BCUT2D eigenvalue weighted by Gasteiger charge is 2.18. The van der Waals surface area contributed by atoms with Crippen LogP contribution >= 0.6 is 23.2 Å². The number of aliphatic imine (C=N–C) groups is 1. The summed E-state index contributed by atoms with van der Waals surface area (Å²) in [6, 6.07) is 11.2. The van der Waals surface area contributed by atoms with Gasteiger partial charge in [0.1, 0.15) is 11.3 Å². The summed E-state index contributed by atoms with van der Waals surface area (Å²) in [6.07, 6.45) is 1.26. The Labute approximate surface area is 178 Å². The molecule has 0 saturated carbocycles. The second kappa shape index (κ2) is 7.74. The quantitative estimate of drug-likeness (QED) is 0.225. The van der Waals surface area contributed by atoms with Gasteiger partial charge in [-0.25, -0.2) is 9.37 Å². The maximum Gasteiger partial charge on any atom is 0.312 e. The Morgan fingerprint density at radius 3 is 2.70 bits per heavy atom. The number of rotatable bonds is 4. The van der Waals surface area contributed by atoms with E-state index in [9.17, 15) is 19.6 Å². The van der Waals surface area contributed by atoms with Crippen molar-refractivity contribution < 1.29 is 18.8 Å². The maximum atomic E-state index is 13.3. The van der Waals surface area contributed by atoms with E-state index in [0.717, 1.165) is 12.1 Å². The average Bonchev–Trinajstić information content (AvgIpc) is 3.11. The normalized spacial score (nSPS) is 11.4. The molecule has 0 atom stereocenters. The van der Waals surface area contributed by atoms with Gasteiger partial charge in [-0.1, -0.05) is 23.2 Å². The molecule has 30 heavy (non-hydrogen) atoms. The molecular formula is C20H10Cl2FN3O4. The number of halogens is 3. The molecule has 7 nitrogen and oxygen atoms in total. The molecule has 4 rings (SSSR count). The van der Waals surface area contributed by atoms with Gasteiger partial charge in [-0.2, -0.15) is 0 Å². The van der Waals surface area contributed by atoms with Crippen molar-refractivity contribution in [3.05, 3.63) is 80.1 Å². The number of hydrogen-bond donors (Lipinski definition) is 1. The predicted octanol–water partition coefficient (Wildman–Crippen LogP) is 6.31. The Morgan fingerprint density at radius 1 is 1.17 bits per heavy atom. The maximum absolute atomic E-state index is 13.3. The number of benzene rings is 3. The van der Waals surface area contributed by atoms with Crippen LogP contribution in [0.5, 0.6) is 5.75 Å². The smallest absolute Gasteiger partial charge is 0.312 e. The molecule has 4 aromatic rings. The third-order valence-corrected chi connectivity index (χ3v) is 4.70. The monoisotopic (exact) mass is 445 g/mol. The first-order chi connectivity index (χ1) is 14.3. The molecule has 3 aromatic carbocycles. The van der Waals surface area contributed by atoms with Gasteiger partial charge in [-0.15, -0.1) is 0 Å². The Bertz CT molecular complexity index is 1340. The first-order valence-electron chi connectivity index (χ1n) is 8.39. The second-order valence-electron chi connectivity index (χ2n) is 6.17. The second-order valence-corrected chi connectivity index (χ2v) is 7.02. The van der Waals surface area contributed by atoms with Crippen molar-refractivity contribution in [2.75, 3.05) is 0 Å². The lowest BCUT2D eigenvalue weighted by molar-refractivity contribution is -0.385. The lowest BCUT2D eigenvalue weighted by atomic mass is 10.2. The van der Waals surface area contributed by atoms with E-state index in [0.29, 0.717) is 22.4 Å². The summed E-state index contributed by atoms with van der Waals surface area (Å²) in [5.41, 5.74) is 1.40. The Morgan fingerprint density at radius 2 is 1.97 bits per heavy atom. The van der Waals surface area contributed by atoms with Gasteiger partial charge in [0, 0.05) is 22.9 Å². The van der Waals surface area contributed by atoms with E-state index in [1.165, 1.54) is 24.4 Å². The topological polar surface area (TPSA) is 102 Å². The van der Waals surface area contributed by atoms with Crippen LogP contribution in [0.4, 0.5) is 15.8 Å². The van der Waals surface area contributed by atoms with Crippen LogP contribution in [0.2, 0.25) is 10.0 Å². The number of nitro groups is 1. The molecule has 1 aromatic heterocycles. The number of phenols is 1. The summed E-state index contributed by atoms with van der Waals surface area (Å²) < 4.78 is 18.9. The van der Waals surface area contributed by atoms with Crippen LogP contribution in [0, 0.1) is 15.9 Å². The largest absolute Gasteiger partial charge is 0.502 e. The lowest BCUT2D eigenvalue weighted by Crippen LogP contribution is -1.92. The van der Waals surface area contributed by atoms with Gasteiger partial charge in [0.2, 0.25) is 11.6 Å². The molecule has 0 unspecified atom stereocenters. The summed E-state index contributed by atoms with van der Waals surface area (Å²) in [5, 5.41) is 21.3. The summed E-state index contributed by atoms with van der Waals surface area (Å²) >= 11 is 11.9. The molecule has 0 saturated heterocycles. The fourth-order valence-electron chi connectivity index (χ4n) is 2.76. The first kappa shape index (κ1) is 19.8. The van der Waals surface area contributed by atoms with Gasteiger partial charge in [-0.05, 0) is 42.5 Å². The van der Waals surface area contributed by atoms with Crippen LogP contribution in [0.3, 0.4) is 0 Å². The van der Waals surface area contributed by atoms with Crippen LogP contribution in [0.1, 0.15) is 5.56 Å². The minimum absolute atomic E-state index is 0.0910. The molecule has 0 aliphatic heterocycles. The number of phenolic OH excluding ortho intramolecular Hbond substituents is 1. The highest BCUT2D eigenvalue weighted by Crippen LogP contribution is 2.34. The van der Waals surface area contributed by atoms with Gasteiger partial charge in [0.05, 0.1) is 21.2 Å². The molecule has 1 N–H and O–H groups in total. The zero-order chi connectivity index (χ0) is 21.4. The van der Waals surface area contributed by atoms with Crippen molar-refractivity contribution in [1.82, 2.24) is 4.98 Å². The third kappa shape index (κ3) is 3.83. The number of nitro benzene ring substituents is 1. The van der Waals surface area contributed by atoms with Crippen LogP contribution in [0.15, 0.2) is 57.9 Å². The van der Waals surface area contributed by atoms with Crippen LogP contribution in [0.25, 0.3) is 22.6 Å². The van der Waals surface area contributed by atoms with Crippen LogP contribution < -0.4 is 0 Å². The SMILES string of the molecule is O=[N+]([O-])c1cc(Cl)cc(C=Nc2ccc3oc(-c4ccc(F)cc4Cl)nc3c2)c1O. The summed E-state index contributed by atoms with van der Waals surface area (Å²) in [6.45, 7) is 0. The number of hydrogen-bond acceptors (Lipinski definition) is 6. The zero-order valence-electron chi connectivity index (χ0n) is 14.8. The van der Waals surface area contributed by atoms with Crippen molar-refractivity contribution in [1.29, 1.82) is 0 Å². The number of nitrogens with zero attached hydrogens (tertiary/aromatic N) is 3. The molecule has 0 aliphatic carbocycles. The number of fused-ring (bicyclic) bond motifs is 1. The third-order valence-electron chi connectivity index (χ3n) is 4.17. The first-order valence-corrected chi connectivity index (χ1v) is 9.14. The van der Waals surface area contributed by atoms with Crippen LogP contribution in [-0.4, -0.2) is 21.2 Å². The molecule has 150 valence electrons. The molecular weight excluding hydrogens is 436 g/mol. The molecule has 0 amide bonds. The van der Waals surface area contributed by atoms with E-state index < -0.39 is 22.2 Å². The van der Waals surface area contributed by atoms with Gasteiger partial charge < -0.3 is 9.52 Å². The summed E-state index contributed by atoms with van der Waals surface area (Å²) in [7, 11) is 0. The zero-order valence-corrected chi connectivity index (χ0v) is 16.4. The van der Waals surface area contributed by atoms with Gasteiger partial charge in [0.25, 0.3) is 0 Å². The van der Waals surface area contributed by atoms with Crippen molar-refractivity contribution >= 4 is 51.9 Å². The fourth-order valence-corrected chi connectivity index (χ4v) is 3.23. The van der Waals surface area contributed by atoms with E-state index >= 15 is 0 Å². The molecule has 10 heteroatoms. The number of oxazole rings is 1. The molecule has 0 radical (unpaired) electrons. The van der Waals surface area contributed by atoms with Crippen molar-refractivity contribution in [2.45, 2.75) is 0 Å². The van der Waals surface area contributed by atoms with E-state index in [4.69, 9.17) is 27.6 Å². The van der Waals surface area contributed by atoms with Gasteiger partial charge in [0.15, 0.2) is 5.58 Å². The predicted molar refractivity (Wildman–Crippen MR) is 111 cm³/mol. The fraction of sp³-hybridized carbons (Fsp3) is 0. The van der Waals surface area contributed by atoms with Crippen molar-refractivity contribution in [3.63, 3.8) is 0 Å². The molecule has 1 heterocycles. The van der Waals surface area contributed by atoms with E-state index in [1.807, 2.05) is 0 Å². The van der Waals surface area contributed by atoms with Gasteiger partial charge in [-0.3, -0.25) is 15.1 Å². The number of aromatic hydroxyl groups is 1. The lowest BCUT2D eigenvalue weighted by Gasteiger charge is -2.01. The molecule has 0 aliphatic rings.